The normalized spacial score (nSPS) is 29.8. The van der Waals surface area contributed by atoms with E-state index < -0.39 is 0 Å². The van der Waals surface area contributed by atoms with E-state index in [-0.39, 0.29) is 29.4 Å². The van der Waals surface area contributed by atoms with Crippen LogP contribution in [0.3, 0.4) is 0 Å². The van der Waals surface area contributed by atoms with Crippen LogP contribution in [-0.4, -0.2) is 62.9 Å². The number of quaternary nitrogens is 1. The van der Waals surface area contributed by atoms with Gasteiger partial charge in [-0.3, -0.25) is 4.79 Å². The van der Waals surface area contributed by atoms with Crippen LogP contribution in [-0.2, 0) is 21.4 Å². The fraction of sp³-hybridized carbons (Fsp3) is 0.483. The highest BCUT2D eigenvalue weighted by Crippen LogP contribution is 2.54. The van der Waals surface area contributed by atoms with Crippen molar-refractivity contribution in [3.63, 3.8) is 0 Å². The number of rotatable bonds is 8. The van der Waals surface area contributed by atoms with Crippen molar-refractivity contribution in [1.82, 2.24) is 5.32 Å². The van der Waals surface area contributed by atoms with Gasteiger partial charge in [0.1, 0.15) is 17.9 Å². The monoisotopic (exact) mass is 531 g/mol. The second kappa shape index (κ2) is 10.7. The van der Waals surface area contributed by atoms with Crippen LogP contribution in [0.5, 0.6) is 5.75 Å². The molecule has 2 fully saturated rings. The molecule has 0 radical (unpaired) electrons. The van der Waals surface area contributed by atoms with Gasteiger partial charge in [-0.15, -0.1) is 0 Å². The molecule has 0 aromatic heterocycles. The van der Waals surface area contributed by atoms with Crippen LogP contribution in [0, 0.1) is 0 Å². The molecule has 1 aliphatic carbocycles. The Bertz CT molecular complexity index is 1130. The number of nitrogens with zero attached hydrogens (tertiary/aromatic N) is 1. The molecular weight excluding hydrogens is 495 g/mol. The number of ether oxygens (including phenoxy) is 2. The zero-order valence-electron chi connectivity index (χ0n) is 21.5. The predicted molar refractivity (Wildman–Crippen MR) is 146 cm³/mol. The first-order valence-corrected chi connectivity index (χ1v) is 13.3. The fourth-order valence-electron chi connectivity index (χ4n) is 6.58. The summed E-state index contributed by atoms with van der Waals surface area (Å²) in [4.78, 5) is 13.1. The van der Waals surface area contributed by atoms with Crippen molar-refractivity contribution in [2.24, 2.45) is 0 Å². The van der Waals surface area contributed by atoms with Gasteiger partial charge >= 0.3 is 0 Å². The summed E-state index contributed by atoms with van der Waals surface area (Å²) >= 11 is 12.2. The minimum absolute atomic E-state index is 0.00724. The lowest BCUT2D eigenvalue weighted by Crippen LogP contribution is -2.72. The molecule has 1 unspecified atom stereocenters. The van der Waals surface area contributed by atoms with Crippen LogP contribution >= 0.6 is 23.2 Å². The van der Waals surface area contributed by atoms with E-state index >= 15 is 0 Å². The van der Waals surface area contributed by atoms with Gasteiger partial charge in [-0.1, -0.05) is 48.0 Å². The minimum atomic E-state index is -0.347. The van der Waals surface area contributed by atoms with Gasteiger partial charge in [-0.25, -0.2) is 0 Å². The van der Waals surface area contributed by atoms with Crippen LogP contribution < -0.4 is 10.1 Å². The molecule has 194 valence electrons. The maximum Gasteiger partial charge on any atom is 0.224 e. The Balaban J connectivity index is 1.63. The number of benzene rings is 2. The first-order valence-electron chi connectivity index (χ1n) is 12.6. The number of likely N-dealkylation sites (N-methyl/N-ethyl adjacent to an activating group) is 1. The van der Waals surface area contributed by atoms with Gasteiger partial charge in [-0.2, -0.15) is 0 Å². The van der Waals surface area contributed by atoms with Crippen molar-refractivity contribution < 1.29 is 18.8 Å². The Kier molecular flexibility index (Phi) is 8.06. The third kappa shape index (κ3) is 5.17. The van der Waals surface area contributed by atoms with E-state index in [0.29, 0.717) is 10.0 Å². The molecular formula is C29H37Cl2N2O3+. The number of halogens is 2. The van der Waals surface area contributed by atoms with Crippen molar-refractivity contribution in [3.8, 4) is 5.75 Å². The summed E-state index contributed by atoms with van der Waals surface area (Å²) in [6.07, 6.45) is 5.77. The lowest BCUT2D eigenvalue weighted by Gasteiger charge is -2.61. The molecule has 1 saturated carbocycles. The number of carbonyl (C=O) groups excluding carboxylic acids is 1. The van der Waals surface area contributed by atoms with E-state index in [0.717, 1.165) is 61.1 Å². The first-order chi connectivity index (χ1) is 17.2. The third-order valence-electron chi connectivity index (χ3n) is 8.38. The maximum absolute atomic E-state index is 13.1. The number of methoxy groups -OCH3 is 2. The summed E-state index contributed by atoms with van der Waals surface area (Å²) in [6, 6.07) is 13.8. The smallest absolute Gasteiger partial charge is 0.224 e. The molecule has 7 heteroatoms. The molecule has 5 nitrogen and oxygen atoms in total. The number of nitrogens with one attached hydrogen (secondary N) is 1. The van der Waals surface area contributed by atoms with Crippen LogP contribution in [0.25, 0.3) is 0 Å². The summed E-state index contributed by atoms with van der Waals surface area (Å²) < 4.78 is 13.0. The van der Waals surface area contributed by atoms with Crippen molar-refractivity contribution >= 4 is 29.1 Å². The molecule has 0 bridgehead atoms. The van der Waals surface area contributed by atoms with Gasteiger partial charge in [-0.05, 0) is 60.7 Å². The third-order valence-corrected chi connectivity index (χ3v) is 9.11. The molecule has 1 saturated heterocycles. The lowest BCUT2D eigenvalue weighted by molar-refractivity contribution is -0.918. The molecule has 0 spiro atoms. The number of piperidine rings is 1. The molecule has 2 aromatic carbocycles. The van der Waals surface area contributed by atoms with Gasteiger partial charge in [0.05, 0.1) is 43.7 Å². The topological polar surface area (TPSA) is 47.6 Å². The molecule has 1 heterocycles. The average molecular weight is 533 g/mol. The summed E-state index contributed by atoms with van der Waals surface area (Å²) in [5, 5.41) is 4.27. The highest BCUT2D eigenvalue weighted by atomic mass is 35.5. The molecule has 1 aliphatic heterocycles. The van der Waals surface area contributed by atoms with E-state index in [1.165, 1.54) is 5.56 Å². The van der Waals surface area contributed by atoms with E-state index in [4.69, 9.17) is 32.7 Å². The Morgan fingerprint density at radius 1 is 1.19 bits per heavy atom. The Labute approximate surface area is 225 Å². The van der Waals surface area contributed by atoms with Crippen LogP contribution in [0.4, 0.5) is 0 Å². The minimum Gasteiger partial charge on any atom is -0.497 e. The zero-order chi connectivity index (χ0) is 26.0. The standard InChI is InChI=1S/C29H36Cl2N2O3/c1-5-14-33(2)15-13-28(22-7-6-8-24(18-22)35-3)19-23(11-12-29(28,20-33)36-4)32-27(34)17-21-9-10-25(30)26(31)16-21/h5-10,16,18,23H,1,11-15,17,19-20H2,2-4H3/p+1/t23-,28+,29?,33+/m1/s1. The molecule has 2 aliphatic rings. The average Bonchev–Trinajstić information content (AvgIpc) is 2.86. The molecule has 4 atom stereocenters. The van der Waals surface area contributed by atoms with Crippen LogP contribution in [0.1, 0.15) is 36.8 Å². The maximum atomic E-state index is 13.1. The number of hydrogen-bond donors (Lipinski definition) is 1. The van der Waals surface area contributed by atoms with Crippen LogP contribution in [0.15, 0.2) is 55.1 Å². The van der Waals surface area contributed by atoms with E-state index in [9.17, 15) is 4.79 Å². The Hall–Kier alpha value is -2.05. The lowest BCUT2D eigenvalue weighted by atomic mass is 9.54. The predicted octanol–water partition coefficient (Wildman–Crippen LogP) is 5.57. The highest BCUT2D eigenvalue weighted by molar-refractivity contribution is 6.42. The molecule has 2 aromatic rings. The number of hydrogen-bond acceptors (Lipinski definition) is 3. The summed E-state index contributed by atoms with van der Waals surface area (Å²) in [5.74, 6) is 0.832. The number of amides is 1. The van der Waals surface area contributed by atoms with Gasteiger partial charge < -0.3 is 19.3 Å². The highest BCUT2D eigenvalue weighted by Gasteiger charge is 2.62. The van der Waals surface area contributed by atoms with Crippen molar-refractivity contribution in [2.75, 3.05) is 40.9 Å². The zero-order valence-corrected chi connectivity index (χ0v) is 23.0. The van der Waals surface area contributed by atoms with Gasteiger partial charge in [0, 0.05) is 25.0 Å². The molecule has 1 N–H and O–H groups in total. The van der Waals surface area contributed by atoms with Crippen molar-refractivity contribution in [3.05, 3.63) is 76.3 Å². The van der Waals surface area contributed by atoms with Crippen molar-refractivity contribution in [1.29, 1.82) is 0 Å². The number of fused-ring (bicyclic) bond motifs is 1. The van der Waals surface area contributed by atoms with Gasteiger partial charge in [0.2, 0.25) is 5.91 Å². The summed E-state index contributed by atoms with van der Waals surface area (Å²) in [6.45, 7) is 6.82. The van der Waals surface area contributed by atoms with E-state index in [1.54, 1.807) is 19.2 Å². The molecule has 1 amide bonds. The van der Waals surface area contributed by atoms with Gasteiger partial charge in [0.15, 0.2) is 0 Å². The number of likely N-dealkylation sites (tertiary alicyclic amines) is 1. The Morgan fingerprint density at radius 3 is 2.69 bits per heavy atom. The molecule has 36 heavy (non-hydrogen) atoms. The SMILES string of the molecule is C=CC[N@@+]1(C)CC[C@@]2(c3cccc(OC)c3)C[C@H](NC(=O)Cc3ccc(Cl)c(Cl)c3)CCC2(OC)C1. The molecule has 4 rings (SSSR count). The second-order valence-electron chi connectivity index (χ2n) is 10.7. The first kappa shape index (κ1) is 27.0. The van der Waals surface area contributed by atoms with E-state index in [1.807, 2.05) is 25.3 Å². The summed E-state index contributed by atoms with van der Waals surface area (Å²) in [7, 11) is 5.84. The van der Waals surface area contributed by atoms with Crippen LogP contribution in [0.2, 0.25) is 10.0 Å². The fourth-order valence-corrected chi connectivity index (χ4v) is 6.91. The quantitative estimate of drug-likeness (QED) is 0.357. The van der Waals surface area contributed by atoms with E-state index in [2.05, 4.69) is 37.1 Å². The number of carbonyl (C=O) groups is 1. The second-order valence-corrected chi connectivity index (χ2v) is 11.5. The van der Waals surface area contributed by atoms with Gasteiger partial charge in [0.25, 0.3) is 0 Å². The van der Waals surface area contributed by atoms with Crippen molar-refractivity contribution in [2.45, 2.75) is 49.2 Å². The summed E-state index contributed by atoms with van der Waals surface area (Å²) in [5.41, 5.74) is 1.48. The Morgan fingerprint density at radius 2 is 2.00 bits per heavy atom. The largest absolute Gasteiger partial charge is 0.497 e.